The van der Waals surface area contributed by atoms with Crippen LogP contribution < -0.4 is 9.80 Å². The first-order valence-electron chi connectivity index (χ1n) is 20.3. The van der Waals surface area contributed by atoms with Crippen molar-refractivity contribution in [2.45, 2.75) is 39.5 Å². The maximum atomic E-state index is 15.2. The van der Waals surface area contributed by atoms with Gasteiger partial charge in [-0.05, 0) is 122 Å². The number of carbonyl (C=O) groups excluding carboxylic acids is 4. The standard InChI is InChI=1S/C48H38ClN5O6S/c1-23-19-26(11-17-36(23)55)41-29-15-16-30-40(46(58)53(44(30)56)28-13-9-25(10-14-28)43-50-34-7-5-6-8-37(34)60-43)32(29)21-33-45(57)54(47(59)48(33,41)3)39-22-35(51-52(39)4)42-24(2)31-20-27(49)12-18-38(31)61-42/h5-15,17-20,22,30,32-33,40-41,55H,16,21H2,1-4H3. The molecule has 6 unspecified atom stereocenters. The number of fused-ring (bicyclic) bond motifs is 6. The van der Waals surface area contributed by atoms with E-state index in [0.29, 0.717) is 51.2 Å². The first-order valence-corrected chi connectivity index (χ1v) is 21.5. The topological polar surface area (TPSA) is 139 Å². The van der Waals surface area contributed by atoms with Gasteiger partial charge in [0.15, 0.2) is 5.58 Å². The third-order valence-electron chi connectivity index (χ3n) is 13.7. The van der Waals surface area contributed by atoms with Crippen molar-refractivity contribution in [3.05, 3.63) is 124 Å². The molecule has 3 aromatic heterocycles. The molecule has 1 N–H and O–H groups in total. The van der Waals surface area contributed by atoms with Gasteiger partial charge in [-0.1, -0.05) is 47.5 Å². The first-order chi connectivity index (χ1) is 29.3. The Kier molecular flexibility index (Phi) is 8.21. The number of rotatable bonds is 5. The fraction of sp³-hybridized carbons (Fsp3) is 0.250. The second-order valence-electron chi connectivity index (χ2n) is 17.0. The molecule has 11 rings (SSSR count). The quantitative estimate of drug-likeness (QED) is 0.134. The zero-order valence-corrected chi connectivity index (χ0v) is 35.1. The summed E-state index contributed by atoms with van der Waals surface area (Å²) < 4.78 is 8.59. The van der Waals surface area contributed by atoms with Gasteiger partial charge in [0.25, 0.3) is 0 Å². The number of aromatic hydroxyl groups is 1. The number of imide groups is 2. The van der Waals surface area contributed by atoms with E-state index in [2.05, 4.69) is 4.98 Å². The number of para-hydroxylation sites is 2. The molecule has 2 aliphatic carbocycles. The number of aromatic nitrogens is 3. The molecule has 7 aromatic rings. The summed E-state index contributed by atoms with van der Waals surface area (Å²) in [6.45, 7) is 5.67. The molecule has 0 radical (unpaired) electrons. The third kappa shape index (κ3) is 5.34. The Balaban J connectivity index is 0.966. The Morgan fingerprint density at radius 3 is 2.44 bits per heavy atom. The van der Waals surface area contributed by atoms with E-state index in [4.69, 9.17) is 21.1 Å². The average molecular weight is 848 g/mol. The summed E-state index contributed by atoms with van der Waals surface area (Å²) in [5, 5.41) is 17.1. The molecule has 2 aliphatic heterocycles. The van der Waals surface area contributed by atoms with Gasteiger partial charge >= 0.3 is 0 Å². The average Bonchev–Trinajstić information content (AvgIpc) is 4.03. The highest BCUT2D eigenvalue weighted by Gasteiger charge is 2.68. The number of nitrogens with zero attached hydrogens (tertiary/aromatic N) is 5. The lowest BCUT2D eigenvalue weighted by molar-refractivity contribution is -0.131. The Morgan fingerprint density at radius 1 is 0.885 bits per heavy atom. The number of oxazole rings is 1. The van der Waals surface area contributed by atoms with Gasteiger partial charge in [0.2, 0.25) is 29.5 Å². The zero-order chi connectivity index (χ0) is 42.2. The maximum absolute atomic E-state index is 15.2. The number of anilines is 2. The summed E-state index contributed by atoms with van der Waals surface area (Å²) in [6.07, 6.45) is 2.55. The van der Waals surface area contributed by atoms with Crippen LogP contribution in [-0.4, -0.2) is 43.5 Å². The molecule has 304 valence electrons. The van der Waals surface area contributed by atoms with Crippen molar-refractivity contribution in [3.8, 4) is 27.8 Å². The van der Waals surface area contributed by atoms with Crippen molar-refractivity contribution in [1.29, 1.82) is 0 Å². The van der Waals surface area contributed by atoms with Crippen LogP contribution >= 0.6 is 22.9 Å². The summed E-state index contributed by atoms with van der Waals surface area (Å²) in [6, 6.07) is 27.4. The number of aryl methyl sites for hydroxylation is 3. The number of phenols is 1. The van der Waals surface area contributed by atoms with Crippen LogP contribution in [0.2, 0.25) is 5.02 Å². The fourth-order valence-electron chi connectivity index (χ4n) is 10.7. The summed E-state index contributed by atoms with van der Waals surface area (Å²) in [7, 11) is 1.73. The number of allylic oxidation sites excluding steroid dienone is 2. The van der Waals surface area contributed by atoms with Crippen LogP contribution in [0.4, 0.5) is 11.5 Å². The molecule has 61 heavy (non-hydrogen) atoms. The molecule has 4 aliphatic rings. The van der Waals surface area contributed by atoms with Crippen LogP contribution in [0.5, 0.6) is 5.75 Å². The third-order valence-corrected chi connectivity index (χ3v) is 15.2. The number of halogens is 1. The van der Waals surface area contributed by atoms with Crippen molar-refractivity contribution in [1.82, 2.24) is 14.8 Å². The number of hydrogen-bond donors (Lipinski definition) is 1. The van der Waals surface area contributed by atoms with E-state index < -0.39 is 35.0 Å². The fourth-order valence-corrected chi connectivity index (χ4v) is 12.0. The molecule has 3 fully saturated rings. The highest BCUT2D eigenvalue weighted by molar-refractivity contribution is 7.22. The summed E-state index contributed by atoms with van der Waals surface area (Å²) in [5.74, 6) is -3.75. The Labute approximate surface area is 358 Å². The predicted octanol–water partition coefficient (Wildman–Crippen LogP) is 9.52. The van der Waals surface area contributed by atoms with Crippen LogP contribution in [0.3, 0.4) is 0 Å². The number of benzene rings is 4. The number of hydrogen-bond acceptors (Lipinski definition) is 9. The van der Waals surface area contributed by atoms with Crippen molar-refractivity contribution in [2.75, 3.05) is 9.80 Å². The second kappa shape index (κ2) is 13.3. The monoisotopic (exact) mass is 847 g/mol. The molecule has 2 saturated heterocycles. The van der Waals surface area contributed by atoms with Crippen LogP contribution in [0, 0.1) is 42.9 Å². The Morgan fingerprint density at radius 2 is 1.67 bits per heavy atom. The highest BCUT2D eigenvalue weighted by Crippen LogP contribution is 2.64. The molecule has 4 amide bonds. The molecule has 5 heterocycles. The SMILES string of the molecule is Cc1cc(C2C3=CCC4C(=O)N(c5ccc(-c6nc7ccccc7o6)cc5)C(=O)C4C3CC3C(=O)N(c4cc(-c5sc6ccc(Cl)cc6c5C)nn4C)C(=O)C32C)ccc1O. The molecule has 13 heteroatoms. The number of phenolic OH excluding ortho intramolecular Hbond substituents is 1. The number of amides is 4. The van der Waals surface area contributed by atoms with E-state index in [1.165, 1.54) is 9.80 Å². The lowest BCUT2D eigenvalue weighted by Gasteiger charge is -2.49. The molecular formula is C48H38ClN5O6S. The minimum absolute atomic E-state index is 0.112. The minimum Gasteiger partial charge on any atom is -0.508 e. The van der Waals surface area contributed by atoms with Gasteiger partial charge in [-0.3, -0.25) is 28.8 Å². The van der Waals surface area contributed by atoms with E-state index in [1.807, 2.05) is 68.5 Å². The summed E-state index contributed by atoms with van der Waals surface area (Å²) in [4.78, 5) is 67.4. The first kappa shape index (κ1) is 37.6. The van der Waals surface area contributed by atoms with Gasteiger partial charge in [0.05, 0.1) is 33.7 Å². The van der Waals surface area contributed by atoms with Crippen LogP contribution in [0.15, 0.2) is 107 Å². The summed E-state index contributed by atoms with van der Waals surface area (Å²) in [5.41, 5.74) is 5.17. The van der Waals surface area contributed by atoms with Crippen LogP contribution in [-0.2, 0) is 26.2 Å². The normalized spacial score (nSPS) is 24.8. The molecule has 11 nitrogen and oxygen atoms in total. The summed E-state index contributed by atoms with van der Waals surface area (Å²) >= 11 is 7.92. The molecule has 0 bridgehead atoms. The molecular weight excluding hydrogens is 810 g/mol. The van der Waals surface area contributed by atoms with Crippen molar-refractivity contribution in [2.24, 2.45) is 36.1 Å². The smallest absolute Gasteiger partial charge is 0.242 e. The van der Waals surface area contributed by atoms with E-state index in [0.717, 1.165) is 37.2 Å². The van der Waals surface area contributed by atoms with E-state index in [1.54, 1.807) is 72.5 Å². The predicted molar refractivity (Wildman–Crippen MR) is 233 cm³/mol. The van der Waals surface area contributed by atoms with Crippen molar-refractivity contribution < 1.29 is 28.7 Å². The largest absolute Gasteiger partial charge is 0.508 e. The van der Waals surface area contributed by atoms with Gasteiger partial charge < -0.3 is 9.52 Å². The van der Waals surface area contributed by atoms with Gasteiger partial charge in [-0.25, -0.2) is 9.88 Å². The van der Waals surface area contributed by atoms with Gasteiger partial charge in [0.1, 0.15) is 22.8 Å². The maximum Gasteiger partial charge on any atom is 0.242 e. The van der Waals surface area contributed by atoms with Crippen molar-refractivity contribution in [3.63, 3.8) is 0 Å². The molecule has 4 aromatic carbocycles. The highest BCUT2D eigenvalue weighted by atomic mass is 35.5. The lowest BCUT2D eigenvalue weighted by Crippen LogP contribution is -2.49. The van der Waals surface area contributed by atoms with Gasteiger partial charge in [-0.2, -0.15) is 5.10 Å². The van der Waals surface area contributed by atoms with E-state index in [9.17, 15) is 14.7 Å². The van der Waals surface area contributed by atoms with Gasteiger partial charge in [0, 0.05) is 34.3 Å². The molecule has 1 saturated carbocycles. The second-order valence-corrected chi connectivity index (χ2v) is 18.4. The van der Waals surface area contributed by atoms with Crippen molar-refractivity contribution >= 4 is 79.3 Å². The minimum atomic E-state index is -1.25. The molecule has 6 atom stereocenters. The van der Waals surface area contributed by atoms with Crippen LogP contribution in [0.1, 0.15) is 42.4 Å². The lowest BCUT2D eigenvalue weighted by atomic mass is 9.51. The Hall–Kier alpha value is -6.37. The van der Waals surface area contributed by atoms with E-state index >= 15 is 9.59 Å². The zero-order valence-electron chi connectivity index (χ0n) is 33.5. The van der Waals surface area contributed by atoms with E-state index in [-0.39, 0.29) is 35.8 Å². The Bertz CT molecular complexity index is 3080. The van der Waals surface area contributed by atoms with Crippen LogP contribution in [0.25, 0.3) is 43.2 Å². The molecule has 0 spiro atoms. The number of carbonyl (C=O) groups is 4. The number of thiophene rings is 1. The van der Waals surface area contributed by atoms with Gasteiger partial charge in [-0.15, -0.1) is 11.3 Å².